The topological polar surface area (TPSA) is 52.6 Å². The number of esters is 1. The Morgan fingerprint density at radius 2 is 2.06 bits per heavy atom. The average Bonchev–Trinajstić information content (AvgIpc) is 2.30. The zero-order valence-corrected chi connectivity index (χ0v) is 9.09. The molecular weight excluding hydrogens is 208 g/mol. The highest BCUT2D eigenvalue weighted by molar-refractivity contribution is 5.70. The first kappa shape index (κ1) is 12.2. The summed E-state index contributed by atoms with van der Waals surface area (Å²) >= 11 is 0. The van der Waals surface area contributed by atoms with E-state index in [-0.39, 0.29) is 12.4 Å². The first-order valence-electron chi connectivity index (χ1n) is 5.07. The molecule has 0 N–H and O–H groups in total. The monoisotopic (exact) mass is 222 g/mol. The molecule has 0 heterocycles. The highest BCUT2D eigenvalue weighted by Gasteiger charge is 2.17. The first-order chi connectivity index (χ1) is 7.77. The van der Waals surface area contributed by atoms with Gasteiger partial charge in [-0.15, -0.1) is 0 Å². The molecule has 4 heteroatoms. The van der Waals surface area contributed by atoms with Gasteiger partial charge < -0.3 is 9.47 Å². The van der Waals surface area contributed by atoms with Crippen molar-refractivity contribution in [2.75, 3.05) is 6.61 Å². The van der Waals surface area contributed by atoms with Crippen molar-refractivity contribution in [1.82, 2.24) is 0 Å². The number of benzene rings is 1. The normalized spacial score (nSPS) is 11.6. The van der Waals surface area contributed by atoms with Crippen molar-refractivity contribution in [2.45, 2.75) is 19.4 Å². The Kier molecular flexibility index (Phi) is 5.05. The maximum Gasteiger partial charge on any atom is 0.309 e. The van der Waals surface area contributed by atoms with Crippen LogP contribution >= 0.6 is 0 Å². The van der Waals surface area contributed by atoms with Gasteiger partial charge in [-0.25, -0.2) is 0 Å². The van der Waals surface area contributed by atoms with Crippen LogP contribution in [0.15, 0.2) is 30.3 Å². The lowest BCUT2D eigenvalue weighted by molar-refractivity contribution is -0.148. The molecule has 1 aromatic rings. The van der Waals surface area contributed by atoms with E-state index in [0.29, 0.717) is 13.1 Å². The molecule has 0 aliphatic heterocycles. The van der Waals surface area contributed by atoms with Crippen LogP contribution in [0.1, 0.15) is 25.0 Å². The number of rotatable bonds is 6. The molecule has 0 unspecified atom stereocenters. The van der Waals surface area contributed by atoms with Gasteiger partial charge in [0.1, 0.15) is 6.10 Å². The molecule has 0 radical (unpaired) electrons. The Labute approximate surface area is 94.2 Å². The summed E-state index contributed by atoms with van der Waals surface area (Å²) in [5.74, 6) is -0.377. The SMILES string of the molecule is CCOC(=O)C[C@H](OC=O)c1ccccc1. The van der Waals surface area contributed by atoms with E-state index in [9.17, 15) is 9.59 Å². The van der Waals surface area contributed by atoms with E-state index in [4.69, 9.17) is 9.47 Å². The van der Waals surface area contributed by atoms with Gasteiger partial charge in [-0.05, 0) is 12.5 Å². The van der Waals surface area contributed by atoms with Crippen molar-refractivity contribution in [3.63, 3.8) is 0 Å². The fourth-order valence-electron chi connectivity index (χ4n) is 1.35. The number of carbonyl (C=O) groups excluding carboxylic acids is 2. The minimum Gasteiger partial charge on any atom is -0.466 e. The molecule has 0 aliphatic carbocycles. The molecular formula is C12H14O4. The van der Waals surface area contributed by atoms with Crippen LogP contribution in [0.5, 0.6) is 0 Å². The minimum atomic E-state index is -0.572. The van der Waals surface area contributed by atoms with E-state index < -0.39 is 6.10 Å². The predicted octanol–water partition coefficient (Wildman–Crippen LogP) is 1.85. The maximum atomic E-state index is 11.3. The number of ether oxygens (including phenoxy) is 2. The van der Waals surface area contributed by atoms with E-state index in [0.717, 1.165) is 5.56 Å². The molecule has 0 aliphatic rings. The Bertz CT molecular complexity index is 334. The molecule has 16 heavy (non-hydrogen) atoms. The molecule has 0 aromatic heterocycles. The standard InChI is InChI=1S/C12H14O4/c1-2-15-12(14)8-11(16-9-13)10-6-4-3-5-7-10/h3-7,9,11H,2,8H2,1H3/t11-/m0/s1. The van der Waals surface area contributed by atoms with Crippen molar-refractivity contribution in [3.05, 3.63) is 35.9 Å². The first-order valence-corrected chi connectivity index (χ1v) is 5.07. The van der Waals surface area contributed by atoms with Crippen molar-refractivity contribution in [2.24, 2.45) is 0 Å². The quantitative estimate of drug-likeness (QED) is 0.544. The zero-order chi connectivity index (χ0) is 11.8. The van der Waals surface area contributed by atoms with Crippen molar-refractivity contribution in [1.29, 1.82) is 0 Å². The lowest BCUT2D eigenvalue weighted by atomic mass is 10.1. The molecule has 0 bridgehead atoms. The van der Waals surface area contributed by atoms with E-state index in [2.05, 4.69) is 0 Å². The second-order valence-corrected chi connectivity index (χ2v) is 3.14. The van der Waals surface area contributed by atoms with Crippen molar-refractivity contribution >= 4 is 12.4 Å². The highest BCUT2D eigenvalue weighted by atomic mass is 16.5. The summed E-state index contributed by atoms with van der Waals surface area (Å²) in [5, 5.41) is 0. The third kappa shape index (κ3) is 3.73. The van der Waals surface area contributed by atoms with E-state index >= 15 is 0 Å². The van der Waals surface area contributed by atoms with Crippen LogP contribution in [-0.2, 0) is 19.1 Å². The summed E-state index contributed by atoms with van der Waals surface area (Å²) in [6.45, 7) is 2.40. The van der Waals surface area contributed by atoms with E-state index in [1.807, 2.05) is 18.2 Å². The molecule has 0 saturated heterocycles. The molecule has 1 aromatic carbocycles. The van der Waals surface area contributed by atoms with Gasteiger partial charge in [0, 0.05) is 0 Å². The Morgan fingerprint density at radius 3 is 2.62 bits per heavy atom. The zero-order valence-electron chi connectivity index (χ0n) is 9.09. The molecule has 0 spiro atoms. The Balaban J connectivity index is 2.68. The third-order valence-electron chi connectivity index (χ3n) is 2.05. The van der Waals surface area contributed by atoms with Crippen LogP contribution in [0.3, 0.4) is 0 Å². The largest absolute Gasteiger partial charge is 0.466 e. The summed E-state index contributed by atoms with van der Waals surface area (Å²) < 4.78 is 9.67. The fourth-order valence-corrected chi connectivity index (χ4v) is 1.35. The van der Waals surface area contributed by atoms with Gasteiger partial charge in [-0.2, -0.15) is 0 Å². The van der Waals surface area contributed by atoms with Crippen molar-refractivity contribution in [3.8, 4) is 0 Å². The molecule has 0 amide bonds. The average molecular weight is 222 g/mol. The molecule has 0 saturated carbocycles. The second kappa shape index (κ2) is 6.61. The highest BCUT2D eigenvalue weighted by Crippen LogP contribution is 2.20. The summed E-state index contributed by atoms with van der Waals surface area (Å²) in [4.78, 5) is 21.6. The maximum absolute atomic E-state index is 11.3. The van der Waals surface area contributed by atoms with Crippen LogP contribution < -0.4 is 0 Å². The second-order valence-electron chi connectivity index (χ2n) is 3.14. The lowest BCUT2D eigenvalue weighted by Gasteiger charge is -2.14. The molecule has 86 valence electrons. The summed E-state index contributed by atoms with van der Waals surface area (Å²) in [5.41, 5.74) is 0.780. The van der Waals surface area contributed by atoms with Crippen LogP contribution in [-0.4, -0.2) is 19.0 Å². The van der Waals surface area contributed by atoms with E-state index in [1.165, 1.54) is 0 Å². The summed E-state index contributed by atoms with van der Waals surface area (Å²) in [6.07, 6.45) is -0.533. The van der Waals surface area contributed by atoms with Gasteiger partial charge >= 0.3 is 5.97 Å². The molecule has 4 nitrogen and oxygen atoms in total. The van der Waals surface area contributed by atoms with Crippen LogP contribution in [0.2, 0.25) is 0 Å². The number of hydrogen-bond donors (Lipinski definition) is 0. The van der Waals surface area contributed by atoms with Gasteiger partial charge in [0.15, 0.2) is 0 Å². The minimum absolute atomic E-state index is 0.0383. The summed E-state index contributed by atoms with van der Waals surface area (Å²) in [6, 6.07) is 9.09. The Hall–Kier alpha value is -1.84. The van der Waals surface area contributed by atoms with Gasteiger partial charge in [0.05, 0.1) is 13.0 Å². The van der Waals surface area contributed by atoms with Crippen molar-refractivity contribution < 1.29 is 19.1 Å². The Morgan fingerprint density at radius 1 is 1.38 bits per heavy atom. The summed E-state index contributed by atoms with van der Waals surface area (Å²) in [7, 11) is 0. The van der Waals surface area contributed by atoms with Crippen LogP contribution in [0, 0.1) is 0 Å². The van der Waals surface area contributed by atoms with E-state index in [1.54, 1.807) is 19.1 Å². The van der Waals surface area contributed by atoms with Gasteiger partial charge in [0.25, 0.3) is 6.47 Å². The molecule has 0 fully saturated rings. The lowest BCUT2D eigenvalue weighted by Crippen LogP contribution is -2.12. The molecule has 1 rings (SSSR count). The smallest absolute Gasteiger partial charge is 0.309 e. The van der Waals surface area contributed by atoms with Crippen LogP contribution in [0.25, 0.3) is 0 Å². The number of hydrogen-bond acceptors (Lipinski definition) is 4. The van der Waals surface area contributed by atoms with Gasteiger partial charge in [0.2, 0.25) is 0 Å². The predicted molar refractivity (Wildman–Crippen MR) is 57.6 cm³/mol. The fraction of sp³-hybridized carbons (Fsp3) is 0.333. The van der Waals surface area contributed by atoms with Gasteiger partial charge in [-0.1, -0.05) is 30.3 Å². The van der Waals surface area contributed by atoms with Gasteiger partial charge in [-0.3, -0.25) is 9.59 Å². The van der Waals surface area contributed by atoms with Crippen LogP contribution in [0.4, 0.5) is 0 Å². The molecule has 1 atom stereocenters. The third-order valence-corrected chi connectivity index (χ3v) is 2.05. The number of carbonyl (C=O) groups is 2.